The van der Waals surface area contributed by atoms with Crippen molar-refractivity contribution in [2.45, 2.75) is 11.0 Å². The number of carbonyl (C=O) groups is 2. The van der Waals surface area contributed by atoms with Crippen LogP contribution in [-0.2, 0) is 19.6 Å². The number of primary amides is 1. The van der Waals surface area contributed by atoms with Crippen LogP contribution in [0.5, 0.6) is 0 Å². The van der Waals surface area contributed by atoms with Gasteiger partial charge in [-0.1, -0.05) is 11.6 Å². The maximum Gasteiger partial charge on any atom is 0.335 e. The number of morpholine rings is 1. The van der Waals surface area contributed by atoms with E-state index in [-0.39, 0.29) is 35.2 Å². The second-order valence-electron chi connectivity index (χ2n) is 4.58. The third-order valence-corrected chi connectivity index (χ3v) is 5.49. The molecule has 0 aliphatic carbocycles. The molecular weight excluding hydrogens is 336 g/mol. The van der Waals surface area contributed by atoms with E-state index in [1.165, 1.54) is 0 Å². The van der Waals surface area contributed by atoms with Gasteiger partial charge < -0.3 is 15.6 Å². The fourth-order valence-corrected chi connectivity index (χ4v) is 3.94. The van der Waals surface area contributed by atoms with Gasteiger partial charge in [-0.3, -0.25) is 4.79 Å². The topological polar surface area (TPSA) is 127 Å². The lowest BCUT2D eigenvalue weighted by Crippen LogP contribution is -2.50. The highest BCUT2D eigenvalue weighted by Gasteiger charge is 2.34. The number of carbonyl (C=O) groups excluding carboxylic acids is 1. The molecule has 1 saturated heterocycles. The second kappa shape index (κ2) is 6.21. The standard InChI is InChI=1S/C12H13ClN2O6S/c13-8-5-7(12(17)18)1-2-10(8)22(19,20)15-3-4-21-9(6-15)11(14)16/h1-2,5,9H,3-4,6H2,(H2,14,16)(H,17,18). The summed E-state index contributed by atoms with van der Waals surface area (Å²) in [4.78, 5) is 21.7. The molecular formula is C12H13ClN2O6S. The highest BCUT2D eigenvalue weighted by atomic mass is 35.5. The summed E-state index contributed by atoms with van der Waals surface area (Å²) in [6.07, 6.45) is -1.03. The number of sulfonamides is 1. The van der Waals surface area contributed by atoms with E-state index in [2.05, 4.69) is 0 Å². The summed E-state index contributed by atoms with van der Waals surface area (Å²) in [6, 6.07) is 3.33. The van der Waals surface area contributed by atoms with Crippen molar-refractivity contribution < 1.29 is 27.9 Å². The zero-order valence-corrected chi connectivity index (χ0v) is 12.8. The number of halogens is 1. The molecule has 1 aliphatic heterocycles. The maximum absolute atomic E-state index is 12.5. The lowest BCUT2D eigenvalue weighted by atomic mass is 10.2. The van der Waals surface area contributed by atoms with Gasteiger partial charge in [-0.2, -0.15) is 4.31 Å². The van der Waals surface area contributed by atoms with Crippen molar-refractivity contribution in [3.05, 3.63) is 28.8 Å². The fourth-order valence-electron chi connectivity index (χ4n) is 2.00. The van der Waals surface area contributed by atoms with Crippen LogP contribution in [0.2, 0.25) is 5.02 Å². The normalized spacial score (nSPS) is 19.8. The van der Waals surface area contributed by atoms with E-state index in [1.54, 1.807) is 0 Å². The van der Waals surface area contributed by atoms with Crippen molar-refractivity contribution in [3.63, 3.8) is 0 Å². The quantitative estimate of drug-likeness (QED) is 0.783. The van der Waals surface area contributed by atoms with Gasteiger partial charge in [0.2, 0.25) is 15.9 Å². The third-order valence-electron chi connectivity index (χ3n) is 3.14. The Bertz CT molecular complexity index is 720. The van der Waals surface area contributed by atoms with Crippen molar-refractivity contribution in [3.8, 4) is 0 Å². The summed E-state index contributed by atoms with van der Waals surface area (Å²) in [5.74, 6) is -1.97. The zero-order valence-electron chi connectivity index (χ0n) is 11.2. The molecule has 0 bridgehead atoms. The smallest absolute Gasteiger partial charge is 0.335 e. The number of hydrogen-bond acceptors (Lipinski definition) is 5. The van der Waals surface area contributed by atoms with E-state index >= 15 is 0 Å². The molecule has 1 unspecified atom stereocenters. The Labute approximate surface area is 131 Å². The Morgan fingerprint density at radius 3 is 2.64 bits per heavy atom. The van der Waals surface area contributed by atoms with Crippen LogP contribution in [0.25, 0.3) is 0 Å². The Morgan fingerprint density at radius 1 is 1.41 bits per heavy atom. The van der Waals surface area contributed by atoms with Crippen LogP contribution < -0.4 is 5.73 Å². The van der Waals surface area contributed by atoms with Crippen molar-refractivity contribution >= 4 is 33.5 Å². The average Bonchev–Trinajstić information content (AvgIpc) is 2.46. The predicted molar refractivity (Wildman–Crippen MR) is 76.1 cm³/mol. The van der Waals surface area contributed by atoms with Crippen molar-refractivity contribution in [1.29, 1.82) is 0 Å². The summed E-state index contributed by atoms with van der Waals surface area (Å²) in [6.45, 7) is -0.143. The van der Waals surface area contributed by atoms with Crippen LogP contribution in [0.1, 0.15) is 10.4 Å². The van der Waals surface area contributed by atoms with E-state index in [4.69, 9.17) is 27.2 Å². The van der Waals surface area contributed by atoms with E-state index < -0.39 is 28.0 Å². The zero-order chi connectivity index (χ0) is 16.5. The number of aromatic carboxylic acids is 1. The summed E-state index contributed by atoms with van der Waals surface area (Å²) in [7, 11) is -3.98. The number of amides is 1. The van der Waals surface area contributed by atoms with Gasteiger partial charge in [-0.25, -0.2) is 13.2 Å². The van der Waals surface area contributed by atoms with Crippen LogP contribution in [0.4, 0.5) is 0 Å². The molecule has 2 rings (SSSR count). The minimum Gasteiger partial charge on any atom is -0.478 e. The van der Waals surface area contributed by atoms with Crippen molar-refractivity contribution in [2.24, 2.45) is 5.73 Å². The molecule has 22 heavy (non-hydrogen) atoms. The summed E-state index contributed by atoms with van der Waals surface area (Å²) in [5.41, 5.74) is 4.99. The Morgan fingerprint density at radius 2 is 2.09 bits per heavy atom. The van der Waals surface area contributed by atoms with Gasteiger partial charge in [0.15, 0.2) is 0 Å². The molecule has 1 aliphatic rings. The van der Waals surface area contributed by atoms with E-state index in [0.717, 1.165) is 22.5 Å². The Balaban J connectivity index is 2.34. The number of nitrogens with two attached hydrogens (primary N) is 1. The monoisotopic (exact) mass is 348 g/mol. The largest absolute Gasteiger partial charge is 0.478 e. The van der Waals surface area contributed by atoms with E-state index in [0.29, 0.717) is 0 Å². The number of rotatable bonds is 4. The summed E-state index contributed by atoms with van der Waals surface area (Å²) >= 11 is 5.88. The summed E-state index contributed by atoms with van der Waals surface area (Å²) < 4.78 is 31.2. The number of carboxylic acid groups (broad SMARTS) is 1. The molecule has 1 fully saturated rings. The minimum atomic E-state index is -3.98. The SMILES string of the molecule is NC(=O)C1CN(S(=O)(=O)c2ccc(C(=O)O)cc2Cl)CCO1. The molecule has 0 saturated carbocycles. The van der Waals surface area contributed by atoms with Gasteiger partial charge >= 0.3 is 5.97 Å². The number of ether oxygens (including phenoxy) is 1. The predicted octanol–water partition coefficient (Wildman–Crippen LogP) is -0.0870. The molecule has 0 spiro atoms. The first-order valence-electron chi connectivity index (χ1n) is 6.17. The molecule has 3 N–H and O–H groups in total. The molecule has 1 heterocycles. The molecule has 1 aromatic carbocycles. The molecule has 1 atom stereocenters. The van der Waals surface area contributed by atoms with Crippen LogP contribution in [0.3, 0.4) is 0 Å². The van der Waals surface area contributed by atoms with Gasteiger partial charge in [-0.05, 0) is 18.2 Å². The molecule has 8 nitrogen and oxygen atoms in total. The Hall–Kier alpha value is -1.68. The highest BCUT2D eigenvalue weighted by Crippen LogP contribution is 2.27. The van der Waals surface area contributed by atoms with Crippen LogP contribution >= 0.6 is 11.6 Å². The molecule has 10 heteroatoms. The third kappa shape index (κ3) is 3.22. The number of nitrogens with zero attached hydrogens (tertiary/aromatic N) is 1. The number of carboxylic acids is 1. The van der Waals surface area contributed by atoms with Crippen LogP contribution in [-0.4, -0.2) is 55.5 Å². The lowest BCUT2D eigenvalue weighted by molar-refractivity contribution is -0.132. The van der Waals surface area contributed by atoms with Crippen molar-refractivity contribution in [1.82, 2.24) is 4.31 Å². The first kappa shape index (κ1) is 16.7. The first-order chi connectivity index (χ1) is 10.2. The maximum atomic E-state index is 12.5. The van der Waals surface area contributed by atoms with Crippen LogP contribution in [0, 0.1) is 0 Å². The highest BCUT2D eigenvalue weighted by molar-refractivity contribution is 7.89. The molecule has 120 valence electrons. The number of hydrogen-bond donors (Lipinski definition) is 2. The van der Waals surface area contributed by atoms with Crippen LogP contribution in [0.15, 0.2) is 23.1 Å². The van der Waals surface area contributed by atoms with E-state index in [9.17, 15) is 18.0 Å². The first-order valence-corrected chi connectivity index (χ1v) is 7.99. The molecule has 0 aromatic heterocycles. The summed E-state index contributed by atoms with van der Waals surface area (Å²) in [5, 5.41) is 8.65. The van der Waals surface area contributed by atoms with Gasteiger partial charge in [0.1, 0.15) is 11.0 Å². The van der Waals surface area contributed by atoms with Gasteiger partial charge in [0, 0.05) is 13.1 Å². The lowest BCUT2D eigenvalue weighted by Gasteiger charge is -2.30. The average molecular weight is 349 g/mol. The van der Waals surface area contributed by atoms with Gasteiger partial charge in [0.05, 0.1) is 17.2 Å². The fraction of sp³-hybridized carbons (Fsp3) is 0.333. The van der Waals surface area contributed by atoms with Gasteiger partial charge in [-0.15, -0.1) is 0 Å². The van der Waals surface area contributed by atoms with Crippen molar-refractivity contribution in [2.75, 3.05) is 19.7 Å². The molecule has 1 aromatic rings. The van der Waals surface area contributed by atoms with Gasteiger partial charge in [0.25, 0.3) is 0 Å². The molecule has 1 amide bonds. The number of benzene rings is 1. The minimum absolute atomic E-state index is 0.0255. The Kier molecular flexibility index (Phi) is 4.71. The molecule has 0 radical (unpaired) electrons. The second-order valence-corrected chi connectivity index (χ2v) is 6.89. The van der Waals surface area contributed by atoms with E-state index in [1.807, 2.05) is 0 Å².